The number of carbonyl (C=O) groups is 1. The van der Waals surface area contributed by atoms with Crippen LogP contribution in [0.2, 0.25) is 0 Å². The van der Waals surface area contributed by atoms with Gasteiger partial charge in [0.25, 0.3) is 5.91 Å². The van der Waals surface area contributed by atoms with Crippen LogP contribution >= 0.6 is 0 Å². The lowest BCUT2D eigenvalue weighted by Gasteiger charge is -2.11. The van der Waals surface area contributed by atoms with Gasteiger partial charge in [0.2, 0.25) is 0 Å². The summed E-state index contributed by atoms with van der Waals surface area (Å²) >= 11 is 0. The summed E-state index contributed by atoms with van der Waals surface area (Å²) in [5, 5.41) is 2.65. The molecule has 116 valence electrons. The number of amides is 1. The van der Waals surface area contributed by atoms with Gasteiger partial charge in [-0.15, -0.1) is 0 Å². The average molecular weight is 307 g/mol. The van der Waals surface area contributed by atoms with Gasteiger partial charge < -0.3 is 14.8 Å². The summed E-state index contributed by atoms with van der Waals surface area (Å²) in [6.07, 6.45) is 0. The Balaban J connectivity index is 1.95. The van der Waals surface area contributed by atoms with Gasteiger partial charge in [-0.2, -0.15) is 0 Å². The largest absolute Gasteiger partial charge is 0.497 e. The van der Waals surface area contributed by atoms with Crippen LogP contribution in [0.5, 0.6) is 11.5 Å². The molecule has 0 heterocycles. The number of anilines is 1. The SMILES string of the molecule is COc1ccc(NC(=O)COc2cc(F)cc(F)c2)c(C)c1. The van der Waals surface area contributed by atoms with E-state index < -0.39 is 17.5 Å². The van der Waals surface area contributed by atoms with Crippen LogP contribution in [-0.4, -0.2) is 19.6 Å². The summed E-state index contributed by atoms with van der Waals surface area (Å²) in [6.45, 7) is 1.47. The van der Waals surface area contributed by atoms with Gasteiger partial charge >= 0.3 is 0 Å². The quantitative estimate of drug-likeness (QED) is 0.922. The number of hydrogen-bond acceptors (Lipinski definition) is 3. The Morgan fingerprint density at radius 1 is 1.09 bits per heavy atom. The number of benzene rings is 2. The maximum Gasteiger partial charge on any atom is 0.262 e. The van der Waals surface area contributed by atoms with Gasteiger partial charge in [-0.05, 0) is 30.7 Å². The molecule has 0 aliphatic carbocycles. The molecule has 0 saturated carbocycles. The van der Waals surface area contributed by atoms with Crippen molar-refractivity contribution in [2.75, 3.05) is 19.0 Å². The van der Waals surface area contributed by atoms with Crippen LogP contribution in [0.4, 0.5) is 14.5 Å². The molecular formula is C16H15F2NO3. The molecule has 2 aromatic rings. The monoisotopic (exact) mass is 307 g/mol. The topological polar surface area (TPSA) is 47.6 Å². The van der Waals surface area contributed by atoms with Gasteiger partial charge in [0.05, 0.1) is 7.11 Å². The second-order valence-electron chi connectivity index (χ2n) is 4.62. The first-order valence-corrected chi connectivity index (χ1v) is 6.51. The predicted molar refractivity (Wildman–Crippen MR) is 78.2 cm³/mol. The molecule has 1 amide bonds. The zero-order valence-electron chi connectivity index (χ0n) is 12.2. The molecule has 0 aromatic heterocycles. The molecule has 22 heavy (non-hydrogen) atoms. The summed E-state index contributed by atoms with van der Waals surface area (Å²) in [4.78, 5) is 11.8. The fraction of sp³-hybridized carbons (Fsp3) is 0.188. The van der Waals surface area contributed by atoms with E-state index in [-0.39, 0.29) is 12.4 Å². The zero-order valence-corrected chi connectivity index (χ0v) is 12.2. The molecule has 0 radical (unpaired) electrons. The van der Waals surface area contributed by atoms with E-state index in [1.165, 1.54) is 0 Å². The van der Waals surface area contributed by atoms with Crippen molar-refractivity contribution < 1.29 is 23.0 Å². The Hall–Kier alpha value is -2.63. The third kappa shape index (κ3) is 4.18. The van der Waals surface area contributed by atoms with Crippen LogP contribution in [0.1, 0.15) is 5.56 Å². The lowest BCUT2D eigenvalue weighted by molar-refractivity contribution is -0.118. The second-order valence-corrected chi connectivity index (χ2v) is 4.62. The Labute approximate surface area is 126 Å². The molecule has 0 spiro atoms. The molecule has 0 aliphatic heterocycles. The number of ether oxygens (including phenoxy) is 2. The predicted octanol–water partition coefficient (Wildman–Crippen LogP) is 3.30. The Morgan fingerprint density at radius 3 is 2.36 bits per heavy atom. The maximum atomic E-state index is 13.0. The van der Waals surface area contributed by atoms with Crippen LogP contribution in [0.15, 0.2) is 36.4 Å². The van der Waals surface area contributed by atoms with E-state index in [1.807, 2.05) is 6.92 Å². The standard InChI is InChI=1S/C16H15F2NO3/c1-10-5-13(21-2)3-4-15(10)19-16(20)9-22-14-7-11(17)6-12(18)8-14/h3-8H,9H2,1-2H3,(H,19,20). The Kier molecular flexibility index (Phi) is 4.93. The fourth-order valence-electron chi connectivity index (χ4n) is 1.85. The van der Waals surface area contributed by atoms with Crippen LogP contribution < -0.4 is 14.8 Å². The van der Waals surface area contributed by atoms with E-state index >= 15 is 0 Å². The molecule has 4 nitrogen and oxygen atoms in total. The molecule has 0 saturated heterocycles. The number of hydrogen-bond donors (Lipinski definition) is 1. The van der Waals surface area contributed by atoms with E-state index in [9.17, 15) is 13.6 Å². The molecule has 0 fully saturated rings. The molecule has 2 rings (SSSR count). The van der Waals surface area contributed by atoms with Crippen LogP contribution in [0.3, 0.4) is 0 Å². The molecule has 0 atom stereocenters. The smallest absolute Gasteiger partial charge is 0.262 e. The zero-order chi connectivity index (χ0) is 16.1. The summed E-state index contributed by atoms with van der Waals surface area (Å²) in [7, 11) is 1.55. The minimum Gasteiger partial charge on any atom is -0.497 e. The van der Waals surface area contributed by atoms with Crippen molar-refractivity contribution in [3.05, 3.63) is 53.6 Å². The molecule has 0 aliphatic rings. The third-order valence-corrected chi connectivity index (χ3v) is 2.91. The molecule has 2 aromatic carbocycles. The lowest BCUT2D eigenvalue weighted by Crippen LogP contribution is -2.20. The van der Waals surface area contributed by atoms with Gasteiger partial charge in [-0.1, -0.05) is 0 Å². The van der Waals surface area contributed by atoms with E-state index in [0.29, 0.717) is 11.4 Å². The normalized spacial score (nSPS) is 10.2. The van der Waals surface area contributed by atoms with Crippen molar-refractivity contribution >= 4 is 11.6 Å². The van der Waals surface area contributed by atoms with Crippen LogP contribution in [0.25, 0.3) is 0 Å². The first-order chi connectivity index (χ1) is 10.5. The number of methoxy groups -OCH3 is 1. The van der Waals surface area contributed by atoms with Gasteiger partial charge in [-0.3, -0.25) is 4.79 Å². The van der Waals surface area contributed by atoms with Gasteiger partial charge in [0, 0.05) is 23.9 Å². The first kappa shape index (κ1) is 15.8. The summed E-state index contributed by atoms with van der Waals surface area (Å²) in [6, 6.07) is 7.94. The van der Waals surface area contributed by atoms with Gasteiger partial charge in [0.1, 0.15) is 23.1 Å². The van der Waals surface area contributed by atoms with Crippen LogP contribution in [-0.2, 0) is 4.79 Å². The minimum atomic E-state index is -0.763. The highest BCUT2D eigenvalue weighted by atomic mass is 19.1. The van der Waals surface area contributed by atoms with E-state index in [2.05, 4.69) is 5.32 Å². The summed E-state index contributed by atoms with van der Waals surface area (Å²) in [5.74, 6) is -1.32. The van der Waals surface area contributed by atoms with Crippen molar-refractivity contribution in [2.24, 2.45) is 0 Å². The highest BCUT2D eigenvalue weighted by Crippen LogP contribution is 2.21. The summed E-state index contributed by atoms with van der Waals surface area (Å²) in [5.41, 5.74) is 1.43. The number of aryl methyl sites for hydroxylation is 1. The Morgan fingerprint density at radius 2 is 1.77 bits per heavy atom. The van der Waals surface area contributed by atoms with E-state index in [4.69, 9.17) is 9.47 Å². The van der Waals surface area contributed by atoms with Crippen molar-refractivity contribution in [3.8, 4) is 11.5 Å². The van der Waals surface area contributed by atoms with Crippen LogP contribution in [0, 0.1) is 18.6 Å². The number of nitrogens with one attached hydrogen (secondary N) is 1. The average Bonchev–Trinajstić information content (AvgIpc) is 2.46. The number of halogens is 2. The highest BCUT2D eigenvalue weighted by molar-refractivity contribution is 5.92. The molecule has 0 bridgehead atoms. The van der Waals surface area contributed by atoms with Crippen molar-refractivity contribution in [3.63, 3.8) is 0 Å². The number of carbonyl (C=O) groups excluding carboxylic acids is 1. The fourth-order valence-corrected chi connectivity index (χ4v) is 1.85. The second kappa shape index (κ2) is 6.89. The lowest BCUT2D eigenvalue weighted by atomic mass is 10.2. The Bertz CT molecular complexity index is 669. The highest BCUT2D eigenvalue weighted by Gasteiger charge is 2.08. The van der Waals surface area contributed by atoms with Crippen molar-refractivity contribution in [1.82, 2.24) is 0 Å². The van der Waals surface area contributed by atoms with Crippen molar-refractivity contribution in [2.45, 2.75) is 6.92 Å². The molecular weight excluding hydrogens is 292 g/mol. The maximum absolute atomic E-state index is 13.0. The minimum absolute atomic E-state index is 0.0425. The van der Waals surface area contributed by atoms with Gasteiger partial charge in [0.15, 0.2) is 6.61 Å². The first-order valence-electron chi connectivity index (χ1n) is 6.51. The molecule has 6 heteroatoms. The molecule has 1 N–H and O–H groups in total. The molecule has 0 unspecified atom stereocenters. The number of rotatable bonds is 5. The van der Waals surface area contributed by atoms with E-state index in [1.54, 1.807) is 25.3 Å². The van der Waals surface area contributed by atoms with Crippen molar-refractivity contribution in [1.29, 1.82) is 0 Å². The van der Waals surface area contributed by atoms with E-state index in [0.717, 1.165) is 23.8 Å². The summed E-state index contributed by atoms with van der Waals surface area (Å²) < 4.78 is 36.1. The van der Waals surface area contributed by atoms with Gasteiger partial charge in [-0.25, -0.2) is 8.78 Å². The third-order valence-electron chi connectivity index (χ3n) is 2.91.